The number of nitrogens with zero attached hydrogens (tertiary/aromatic N) is 1. The summed E-state index contributed by atoms with van der Waals surface area (Å²) in [6.45, 7) is 3.37. The van der Waals surface area contributed by atoms with Crippen LogP contribution in [-0.2, 0) is 0 Å². The normalized spacial score (nSPS) is 12.0. The lowest BCUT2D eigenvalue weighted by atomic mass is 10.0. The van der Waals surface area contributed by atoms with Gasteiger partial charge >= 0.3 is 0 Å². The van der Waals surface area contributed by atoms with Gasteiger partial charge in [0.25, 0.3) is 5.69 Å². The zero-order chi connectivity index (χ0) is 15.6. The number of nitrogens with one attached hydrogen (secondary N) is 1. The van der Waals surface area contributed by atoms with Crippen molar-refractivity contribution in [3.8, 4) is 0 Å². The standard InChI is InChI=1S/C15H14F2N2O2/c1-9-6-7-11(8-14(9)19(20)21)10(2)18-13-5-3-4-12(16)15(13)17/h3-8,10,18H,1-2H3. The molecule has 6 heteroatoms. The summed E-state index contributed by atoms with van der Waals surface area (Å²) in [5.41, 5.74) is 1.19. The van der Waals surface area contributed by atoms with E-state index in [-0.39, 0.29) is 11.4 Å². The predicted molar refractivity (Wildman–Crippen MR) is 76.2 cm³/mol. The summed E-state index contributed by atoms with van der Waals surface area (Å²) in [4.78, 5) is 10.5. The van der Waals surface area contributed by atoms with Crippen LogP contribution in [0.15, 0.2) is 36.4 Å². The van der Waals surface area contributed by atoms with Gasteiger partial charge < -0.3 is 5.32 Å². The minimum absolute atomic E-state index is 0.000800. The van der Waals surface area contributed by atoms with E-state index in [1.807, 2.05) is 0 Å². The van der Waals surface area contributed by atoms with Crippen LogP contribution in [0.4, 0.5) is 20.2 Å². The Morgan fingerprint density at radius 1 is 1.24 bits per heavy atom. The molecule has 0 saturated heterocycles. The van der Waals surface area contributed by atoms with Gasteiger partial charge in [0, 0.05) is 17.7 Å². The minimum Gasteiger partial charge on any atom is -0.376 e. The van der Waals surface area contributed by atoms with Gasteiger partial charge in [-0.2, -0.15) is 0 Å². The fraction of sp³-hybridized carbons (Fsp3) is 0.200. The molecular formula is C15H14F2N2O2. The summed E-state index contributed by atoms with van der Waals surface area (Å²) in [6.07, 6.45) is 0. The summed E-state index contributed by atoms with van der Waals surface area (Å²) in [5.74, 6) is -1.91. The maximum absolute atomic E-state index is 13.6. The lowest BCUT2D eigenvalue weighted by molar-refractivity contribution is -0.385. The quantitative estimate of drug-likeness (QED) is 0.673. The Hall–Kier alpha value is -2.50. The molecular weight excluding hydrogens is 278 g/mol. The fourth-order valence-electron chi connectivity index (χ4n) is 2.02. The first-order valence-corrected chi connectivity index (χ1v) is 6.35. The van der Waals surface area contributed by atoms with Crippen molar-refractivity contribution in [3.05, 3.63) is 69.3 Å². The first-order valence-electron chi connectivity index (χ1n) is 6.35. The van der Waals surface area contributed by atoms with Crippen LogP contribution in [0.5, 0.6) is 0 Å². The summed E-state index contributed by atoms with van der Waals surface area (Å²) in [5, 5.41) is 13.7. The van der Waals surface area contributed by atoms with Gasteiger partial charge in [0.15, 0.2) is 11.6 Å². The molecule has 0 radical (unpaired) electrons. The molecule has 1 N–H and O–H groups in total. The largest absolute Gasteiger partial charge is 0.376 e. The van der Waals surface area contributed by atoms with Crippen LogP contribution in [0.25, 0.3) is 0 Å². The van der Waals surface area contributed by atoms with Gasteiger partial charge in [-0.1, -0.05) is 18.2 Å². The molecule has 0 aliphatic heterocycles. The topological polar surface area (TPSA) is 55.2 Å². The molecule has 0 bridgehead atoms. The average Bonchev–Trinajstić information content (AvgIpc) is 2.44. The van der Waals surface area contributed by atoms with Crippen LogP contribution in [0.2, 0.25) is 0 Å². The number of rotatable bonds is 4. The fourth-order valence-corrected chi connectivity index (χ4v) is 2.02. The van der Waals surface area contributed by atoms with Gasteiger partial charge in [-0.25, -0.2) is 8.78 Å². The van der Waals surface area contributed by atoms with Crippen LogP contribution >= 0.6 is 0 Å². The molecule has 0 aliphatic rings. The number of benzene rings is 2. The molecule has 4 nitrogen and oxygen atoms in total. The average molecular weight is 292 g/mol. The number of hydrogen-bond acceptors (Lipinski definition) is 3. The molecule has 0 spiro atoms. The number of hydrogen-bond donors (Lipinski definition) is 1. The monoisotopic (exact) mass is 292 g/mol. The summed E-state index contributed by atoms with van der Waals surface area (Å²) < 4.78 is 26.8. The van der Waals surface area contributed by atoms with Gasteiger partial charge in [0.1, 0.15) is 0 Å². The Morgan fingerprint density at radius 3 is 2.62 bits per heavy atom. The lowest BCUT2D eigenvalue weighted by Gasteiger charge is -2.16. The van der Waals surface area contributed by atoms with E-state index >= 15 is 0 Å². The molecule has 2 rings (SSSR count). The van der Waals surface area contributed by atoms with Crippen LogP contribution < -0.4 is 5.32 Å². The molecule has 110 valence electrons. The van der Waals surface area contributed by atoms with Gasteiger partial charge in [-0.05, 0) is 31.5 Å². The van der Waals surface area contributed by atoms with E-state index in [0.29, 0.717) is 11.1 Å². The summed E-state index contributed by atoms with van der Waals surface area (Å²) >= 11 is 0. The van der Waals surface area contributed by atoms with Crippen molar-refractivity contribution >= 4 is 11.4 Å². The minimum atomic E-state index is -0.967. The number of nitro groups is 1. The third-order valence-electron chi connectivity index (χ3n) is 3.25. The lowest BCUT2D eigenvalue weighted by Crippen LogP contribution is -2.09. The van der Waals surface area contributed by atoms with Crippen LogP contribution in [0, 0.1) is 28.7 Å². The Bertz CT molecular complexity index is 689. The van der Waals surface area contributed by atoms with Crippen molar-refractivity contribution in [2.45, 2.75) is 19.9 Å². The second-order valence-electron chi connectivity index (χ2n) is 4.77. The molecule has 2 aromatic carbocycles. The van der Waals surface area contributed by atoms with E-state index in [1.165, 1.54) is 18.2 Å². The van der Waals surface area contributed by atoms with E-state index in [2.05, 4.69) is 5.32 Å². The Kier molecular flexibility index (Phi) is 4.16. The van der Waals surface area contributed by atoms with Crippen LogP contribution in [0.1, 0.15) is 24.1 Å². The second kappa shape index (κ2) is 5.87. The van der Waals surface area contributed by atoms with Crippen molar-refractivity contribution in [1.82, 2.24) is 0 Å². The predicted octanol–water partition coefficient (Wildman–Crippen LogP) is 4.35. The number of halogens is 2. The zero-order valence-corrected chi connectivity index (χ0v) is 11.6. The van der Waals surface area contributed by atoms with Crippen molar-refractivity contribution in [3.63, 3.8) is 0 Å². The zero-order valence-electron chi connectivity index (χ0n) is 11.6. The van der Waals surface area contributed by atoms with Crippen molar-refractivity contribution < 1.29 is 13.7 Å². The highest BCUT2D eigenvalue weighted by Crippen LogP contribution is 2.27. The van der Waals surface area contributed by atoms with Crippen LogP contribution in [0.3, 0.4) is 0 Å². The molecule has 0 aliphatic carbocycles. The first-order chi connectivity index (χ1) is 9.90. The molecule has 0 aromatic heterocycles. The number of aryl methyl sites for hydroxylation is 1. The van der Waals surface area contributed by atoms with Gasteiger partial charge in [0.05, 0.1) is 10.6 Å². The Balaban J connectivity index is 2.28. The summed E-state index contributed by atoms with van der Waals surface area (Å²) in [6, 6.07) is 8.22. The molecule has 0 fully saturated rings. The van der Waals surface area contributed by atoms with E-state index < -0.39 is 22.6 Å². The van der Waals surface area contributed by atoms with Crippen molar-refractivity contribution in [1.29, 1.82) is 0 Å². The summed E-state index contributed by atoms with van der Waals surface area (Å²) in [7, 11) is 0. The highest BCUT2D eigenvalue weighted by Gasteiger charge is 2.16. The third-order valence-corrected chi connectivity index (χ3v) is 3.25. The van der Waals surface area contributed by atoms with E-state index in [4.69, 9.17) is 0 Å². The second-order valence-corrected chi connectivity index (χ2v) is 4.77. The third kappa shape index (κ3) is 3.16. The molecule has 1 atom stereocenters. The van der Waals surface area contributed by atoms with Gasteiger partial charge in [-0.3, -0.25) is 10.1 Å². The van der Waals surface area contributed by atoms with Crippen molar-refractivity contribution in [2.24, 2.45) is 0 Å². The van der Waals surface area contributed by atoms with Gasteiger partial charge in [-0.15, -0.1) is 0 Å². The Labute approximate surface area is 120 Å². The smallest absolute Gasteiger partial charge is 0.272 e. The van der Waals surface area contributed by atoms with E-state index in [1.54, 1.807) is 26.0 Å². The molecule has 0 amide bonds. The molecule has 1 unspecified atom stereocenters. The molecule has 2 aromatic rings. The Morgan fingerprint density at radius 2 is 1.95 bits per heavy atom. The van der Waals surface area contributed by atoms with E-state index in [9.17, 15) is 18.9 Å². The molecule has 0 heterocycles. The first kappa shape index (κ1) is 14.9. The molecule has 0 saturated carbocycles. The number of anilines is 1. The maximum Gasteiger partial charge on any atom is 0.272 e. The molecule has 21 heavy (non-hydrogen) atoms. The van der Waals surface area contributed by atoms with Crippen molar-refractivity contribution in [2.75, 3.05) is 5.32 Å². The number of nitro benzene ring substituents is 1. The van der Waals surface area contributed by atoms with E-state index in [0.717, 1.165) is 6.07 Å². The maximum atomic E-state index is 13.6. The van der Waals surface area contributed by atoms with Gasteiger partial charge in [0.2, 0.25) is 0 Å². The highest BCUT2D eigenvalue weighted by molar-refractivity contribution is 5.49. The SMILES string of the molecule is Cc1ccc(C(C)Nc2cccc(F)c2F)cc1[N+](=O)[O-]. The highest BCUT2D eigenvalue weighted by atomic mass is 19.2. The van der Waals surface area contributed by atoms with Crippen LogP contribution in [-0.4, -0.2) is 4.92 Å².